The molecule has 0 saturated carbocycles. The maximum Gasteiger partial charge on any atom is 0.417 e. The standard InChI is InChI=1S/C31H44ClF3N4O7/c1-8-25(40)36-11-13-38-23-14-21(22(31(33,34)35)15-24(23)46-30(6,17-44-7)28(38)42)27(41)39(19(4)5)20-10-9-12-37(16-20)29(43)45-26(32)18(2)3/h14-15,18-20,26H,8-13,16-17H2,1-7H3,(H,36,40)/t20-,26?,30+/m1/s1. The summed E-state index contributed by atoms with van der Waals surface area (Å²) in [6.07, 6.45) is -4.50. The summed E-state index contributed by atoms with van der Waals surface area (Å²) in [5.74, 6) is -2.19. The van der Waals surface area contributed by atoms with Crippen molar-refractivity contribution in [3.63, 3.8) is 0 Å². The van der Waals surface area contributed by atoms with E-state index in [2.05, 4.69) is 5.32 Å². The van der Waals surface area contributed by atoms with Crippen molar-refractivity contribution in [1.82, 2.24) is 15.1 Å². The minimum atomic E-state index is -4.96. The molecule has 1 fully saturated rings. The predicted octanol–water partition coefficient (Wildman–Crippen LogP) is 5.03. The number of nitrogens with zero attached hydrogens (tertiary/aromatic N) is 3. The van der Waals surface area contributed by atoms with E-state index in [1.807, 2.05) is 0 Å². The zero-order valence-corrected chi connectivity index (χ0v) is 28.1. The van der Waals surface area contributed by atoms with Crippen molar-refractivity contribution in [1.29, 1.82) is 0 Å². The van der Waals surface area contributed by atoms with E-state index in [1.165, 1.54) is 28.7 Å². The van der Waals surface area contributed by atoms with Crippen molar-refractivity contribution in [2.75, 3.05) is 44.8 Å². The van der Waals surface area contributed by atoms with Crippen LogP contribution in [0.25, 0.3) is 0 Å². The highest BCUT2D eigenvalue weighted by Gasteiger charge is 2.48. The Kier molecular flexibility index (Phi) is 12.2. The van der Waals surface area contributed by atoms with Gasteiger partial charge in [0, 0.05) is 51.7 Å². The van der Waals surface area contributed by atoms with Crippen LogP contribution in [0.1, 0.15) is 76.7 Å². The van der Waals surface area contributed by atoms with Gasteiger partial charge < -0.3 is 34.2 Å². The molecule has 2 heterocycles. The first-order valence-electron chi connectivity index (χ1n) is 15.4. The molecule has 0 aromatic heterocycles. The van der Waals surface area contributed by atoms with E-state index in [1.54, 1.807) is 34.6 Å². The Morgan fingerprint density at radius 1 is 1.22 bits per heavy atom. The summed E-state index contributed by atoms with van der Waals surface area (Å²) in [7, 11) is 1.33. The molecule has 0 bridgehead atoms. The summed E-state index contributed by atoms with van der Waals surface area (Å²) in [5.41, 5.74) is -4.47. The van der Waals surface area contributed by atoms with Crippen LogP contribution in [-0.4, -0.2) is 96.8 Å². The van der Waals surface area contributed by atoms with Gasteiger partial charge in [-0.2, -0.15) is 13.2 Å². The van der Waals surface area contributed by atoms with Gasteiger partial charge in [0.1, 0.15) is 5.75 Å². The molecular weight excluding hydrogens is 633 g/mol. The van der Waals surface area contributed by atoms with Gasteiger partial charge in [-0.3, -0.25) is 14.4 Å². The summed E-state index contributed by atoms with van der Waals surface area (Å²) in [5, 5.41) is 2.66. The number of carbonyl (C=O) groups is 4. The highest BCUT2D eigenvalue weighted by molar-refractivity contribution is 6.20. The van der Waals surface area contributed by atoms with Crippen molar-refractivity contribution in [2.45, 2.75) is 90.2 Å². The van der Waals surface area contributed by atoms with Crippen LogP contribution >= 0.6 is 11.6 Å². The van der Waals surface area contributed by atoms with Gasteiger partial charge in [-0.1, -0.05) is 32.4 Å². The van der Waals surface area contributed by atoms with E-state index >= 15 is 0 Å². The van der Waals surface area contributed by atoms with Crippen LogP contribution in [0.5, 0.6) is 5.75 Å². The Morgan fingerprint density at radius 3 is 2.46 bits per heavy atom. The lowest BCUT2D eigenvalue weighted by atomic mass is 9.96. The second-order valence-corrected chi connectivity index (χ2v) is 12.7. The molecule has 3 atom stereocenters. The lowest BCUT2D eigenvalue weighted by Crippen LogP contribution is -2.58. The number of amides is 4. The third-order valence-electron chi connectivity index (χ3n) is 7.93. The molecule has 258 valence electrons. The van der Waals surface area contributed by atoms with Crippen LogP contribution in [0.4, 0.5) is 23.7 Å². The van der Waals surface area contributed by atoms with Gasteiger partial charge in [-0.15, -0.1) is 0 Å². The van der Waals surface area contributed by atoms with Crippen molar-refractivity contribution in [2.24, 2.45) is 5.92 Å². The molecule has 46 heavy (non-hydrogen) atoms. The van der Waals surface area contributed by atoms with Gasteiger partial charge >= 0.3 is 12.3 Å². The molecule has 1 aromatic carbocycles. The number of carbonyl (C=O) groups excluding carboxylic acids is 4. The average Bonchev–Trinajstić information content (AvgIpc) is 2.98. The average molecular weight is 677 g/mol. The Labute approximate surface area is 272 Å². The number of ether oxygens (including phenoxy) is 3. The van der Waals surface area contributed by atoms with Crippen LogP contribution < -0.4 is 15.0 Å². The molecule has 0 spiro atoms. The van der Waals surface area contributed by atoms with Gasteiger partial charge in [-0.05, 0) is 45.7 Å². The number of halogens is 4. The van der Waals surface area contributed by atoms with Crippen molar-refractivity contribution < 1.29 is 46.6 Å². The molecule has 1 unspecified atom stereocenters. The van der Waals surface area contributed by atoms with Crippen molar-refractivity contribution >= 4 is 41.1 Å². The van der Waals surface area contributed by atoms with Crippen LogP contribution in [0, 0.1) is 5.92 Å². The Morgan fingerprint density at radius 2 is 1.89 bits per heavy atom. The second kappa shape index (κ2) is 15.1. The normalized spacial score (nSPS) is 20.7. The summed E-state index contributed by atoms with van der Waals surface area (Å²) in [4.78, 5) is 56.5. The molecule has 4 amide bonds. The highest BCUT2D eigenvalue weighted by atomic mass is 35.5. The van der Waals surface area contributed by atoms with Crippen molar-refractivity contribution in [3.8, 4) is 5.75 Å². The summed E-state index contributed by atoms with van der Waals surface area (Å²) in [6.45, 7) is 10.0. The molecule has 0 radical (unpaired) electrons. The van der Waals surface area contributed by atoms with Gasteiger partial charge in [0.15, 0.2) is 5.56 Å². The number of benzene rings is 1. The highest BCUT2D eigenvalue weighted by Crippen LogP contribution is 2.44. The van der Waals surface area contributed by atoms with Crippen LogP contribution in [0.15, 0.2) is 12.1 Å². The number of fused-ring (bicyclic) bond motifs is 1. The molecule has 1 aromatic rings. The second-order valence-electron chi connectivity index (χ2n) is 12.3. The largest absolute Gasteiger partial charge is 0.473 e. The zero-order valence-electron chi connectivity index (χ0n) is 27.3. The fourth-order valence-corrected chi connectivity index (χ4v) is 5.67. The number of alkyl halides is 4. The third-order valence-corrected chi connectivity index (χ3v) is 8.53. The molecule has 1 N–H and O–H groups in total. The van der Waals surface area contributed by atoms with E-state index in [-0.39, 0.29) is 55.9 Å². The number of methoxy groups -OCH3 is 1. The topological polar surface area (TPSA) is 118 Å². The quantitative estimate of drug-likeness (QED) is 0.327. The monoisotopic (exact) mass is 676 g/mol. The van der Waals surface area contributed by atoms with E-state index in [0.717, 1.165) is 12.1 Å². The molecule has 2 aliphatic rings. The van der Waals surface area contributed by atoms with Crippen LogP contribution in [0.2, 0.25) is 0 Å². The van der Waals surface area contributed by atoms with Gasteiger partial charge in [0.2, 0.25) is 11.5 Å². The Bertz CT molecular complexity index is 1300. The zero-order chi connectivity index (χ0) is 34.6. The number of likely N-dealkylation sites (tertiary alicyclic amines) is 1. The predicted molar refractivity (Wildman–Crippen MR) is 165 cm³/mol. The number of anilines is 1. The minimum Gasteiger partial charge on any atom is -0.473 e. The van der Waals surface area contributed by atoms with Gasteiger partial charge in [0.25, 0.3) is 11.8 Å². The first-order chi connectivity index (χ1) is 21.4. The number of rotatable bonds is 11. The van der Waals surface area contributed by atoms with Crippen molar-refractivity contribution in [3.05, 3.63) is 23.3 Å². The number of hydrogen-bond donors (Lipinski definition) is 1. The molecule has 0 aliphatic carbocycles. The number of nitrogens with one attached hydrogen (secondary N) is 1. The molecule has 2 aliphatic heterocycles. The first-order valence-corrected chi connectivity index (χ1v) is 15.8. The summed E-state index contributed by atoms with van der Waals surface area (Å²) < 4.78 is 60.2. The fourth-order valence-electron chi connectivity index (χ4n) is 5.59. The maximum absolute atomic E-state index is 14.6. The minimum absolute atomic E-state index is 0.0112. The summed E-state index contributed by atoms with van der Waals surface area (Å²) in [6, 6.07) is 0.584. The molecule has 1 saturated heterocycles. The Hall–Kier alpha value is -3.26. The fraction of sp³-hybridized carbons (Fsp3) is 0.677. The van der Waals surface area contributed by atoms with E-state index in [4.69, 9.17) is 25.8 Å². The first kappa shape index (κ1) is 37.2. The molecule has 15 heteroatoms. The number of piperidine rings is 1. The third kappa shape index (κ3) is 8.36. The van der Waals surface area contributed by atoms with E-state index in [9.17, 15) is 32.3 Å². The maximum atomic E-state index is 14.6. The van der Waals surface area contributed by atoms with E-state index < -0.39 is 58.5 Å². The molecule has 11 nitrogen and oxygen atoms in total. The van der Waals surface area contributed by atoms with Crippen LogP contribution in [0.3, 0.4) is 0 Å². The molecule has 3 rings (SSSR count). The lowest BCUT2D eigenvalue weighted by molar-refractivity contribution is -0.140. The molecular formula is C31H44ClF3N4O7. The van der Waals surface area contributed by atoms with Crippen LogP contribution in [-0.2, 0) is 25.2 Å². The lowest BCUT2D eigenvalue weighted by Gasteiger charge is -2.42. The van der Waals surface area contributed by atoms with E-state index in [0.29, 0.717) is 19.4 Å². The SMILES string of the molecule is CCC(=O)NCCN1C(=O)[C@](C)(COC)Oc2cc(C(F)(F)F)c(C(=O)N(C(C)C)[C@@H]3CCCN(C(=O)OC(Cl)C(C)C)C3)cc21. The number of hydrogen-bond acceptors (Lipinski definition) is 7. The Balaban J connectivity index is 2.06. The summed E-state index contributed by atoms with van der Waals surface area (Å²) >= 11 is 6.13. The van der Waals surface area contributed by atoms with Gasteiger partial charge in [0.05, 0.1) is 29.5 Å². The smallest absolute Gasteiger partial charge is 0.417 e. The van der Waals surface area contributed by atoms with Gasteiger partial charge in [-0.25, -0.2) is 4.79 Å².